The van der Waals surface area contributed by atoms with Crippen LogP contribution in [-0.2, 0) is 18.3 Å². The number of anilines is 1. The normalized spacial score (nSPS) is 20.5. The summed E-state index contributed by atoms with van der Waals surface area (Å²) in [4.78, 5) is 10.7. The van der Waals surface area contributed by atoms with E-state index in [1.807, 2.05) is 11.6 Å². The predicted molar refractivity (Wildman–Crippen MR) is 96.0 cm³/mol. The van der Waals surface area contributed by atoms with Crippen molar-refractivity contribution in [3.63, 3.8) is 0 Å². The average molecular weight is 420 g/mol. The standard InChI is InChI=1S/C15H19ClF2N6O2S/c1-22-5-10(16)12-13(22)14(20-8-19-12)23-6-15(7-23)2-9(3-15)24(27(25)26)21-4-11(17)18/h5,8-9,11,21H,2-4,6-7H2,1H3,(H,25,26)/p-1. The summed E-state index contributed by atoms with van der Waals surface area (Å²) in [6, 6.07) is -0.306. The van der Waals surface area contributed by atoms with E-state index in [0.717, 1.165) is 28.8 Å². The summed E-state index contributed by atoms with van der Waals surface area (Å²) in [5, 5.41) is 0.564. The number of alkyl halides is 2. The Morgan fingerprint density at radius 3 is 2.81 bits per heavy atom. The zero-order valence-corrected chi connectivity index (χ0v) is 16.0. The zero-order chi connectivity index (χ0) is 19.3. The number of fused-ring (bicyclic) bond motifs is 1. The Labute approximate surface area is 161 Å². The lowest BCUT2D eigenvalue weighted by molar-refractivity contribution is -0.00981. The molecule has 1 spiro atoms. The monoisotopic (exact) mass is 419 g/mol. The highest BCUT2D eigenvalue weighted by Gasteiger charge is 2.55. The third-order valence-electron chi connectivity index (χ3n) is 5.27. The summed E-state index contributed by atoms with van der Waals surface area (Å²) in [5.74, 6) is 0.795. The fourth-order valence-corrected chi connectivity index (χ4v) is 4.99. The Balaban J connectivity index is 1.42. The molecule has 2 fully saturated rings. The number of nitrogens with one attached hydrogen (secondary N) is 1. The van der Waals surface area contributed by atoms with Crippen LogP contribution >= 0.6 is 11.6 Å². The Kier molecular flexibility index (Phi) is 4.83. The lowest BCUT2D eigenvalue weighted by Crippen LogP contribution is -2.68. The van der Waals surface area contributed by atoms with E-state index < -0.39 is 24.2 Å². The van der Waals surface area contributed by atoms with E-state index in [2.05, 4.69) is 20.3 Å². The SMILES string of the molecule is Cn1cc(Cl)c2ncnc(N3CC4(CC(N(NCC(F)F)S(=O)[O-])C4)C3)c21. The minimum absolute atomic E-state index is 0.0129. The molecular formula is C15H18ClF2N6O2S-. The fourth-order valence-electron chi connectivity index (χ4n) is 4.14. The van der Waals surface area contributed by atoms with Gasteiger partial charge in [0.15, 0.2) is 5.82 Å². The molecule has 8 nitrogen and oxygen atoms in total. The average Bonchev–Trinajstić information content (AvgIpc) is 2.82. The van der Waals surface area contributed by atoms with Gasteiger partial charge in [-0.15, -0.1) is 0 Å². The largest absolute Gasteiger partial charge is 0.759 e. The van der Waals surface area contributed by atoms with Gasteiger partial charge in [0.25, 0.3) is 6.43 Å². The smallest absolute Gasteiger partial charge is 0.252 e. The molecule has 2 aromatic rings. The Hall–Kier alpha value is -1.40. The molecule has 148 valence electrons. The molecular weight excluding hydrogens is 402 g/mol. The van der Waals surface area contributed by atoms with Gasteiger partial charge in [-0.1, -0.05) is 11.6 Å². The van der Waals surface area contributed by atoms with Gasteiger partial charge in [0.1, 0.15) is 17.4 Å². The van der Waals surface area contributed by atoms with Crippen LogP contribution in [0.3, 0.4) is 0 Å². The third kappa shape index (κ3) is 3.31. The summed E-state index contributed by atoms with van der Waals surface area (Å²) in [6.45, 7) is 0.774. The molecule has 0 amide bonds. The van der Waals surface area contributed by atoms with Gasteiger partial charge < -0.3 is 14.0 Å². The molecule has 0 aromatic carbocycles. The summed E-state index contributed by atoms with van der Waals surface area (Å²) in [5.41, 5.74) is 3.84. The first-order chi connectivity index (χ1) is 12.8. The maximum absolute atomic E-state index is 12.4. The molecule has 1 aliphatic heterocycles. The van der Waals surface area contributed by atoms with E-state index in [-0.39, 0.29) is 11.5 Å². The van der Waals surface area contributed by atoms with Crippen LogP contribution in [0.2, 0.25) is 5.02 Å². The molecule has 4 rings (SSSR count). The molecule has 27 heavy (non-hydrogen) atoms. The molecule has 1 N–H and O–H groups in total. The van der Waals surface area contributed by atoms with Gasteiger partial charge in [-0.3, -0.25) is 4.21 Å². The van der Waals surface area contributed by atoms with Crippen molar-refractivity contribution in [1.29, 1.82) is 0 Å². The van der Waals surface area contributed by atoms with Crippen LogP contribution in [0.1, 0.15) is 12.8 Å². The van der Waals surface area contributed by atoms with Crippen LogP contribution in [-0.4, -0.2) is 59.8 Å². The zero-order valence-electron chi connectivity index (χ0n) is 14.4. The van der Waals surface area contributed by atoms with E-state index in [1.165, 1.54) is 6.33 Å². The van der Waals surface area contributed by atoms with Crippen LogP contribution in [0.15, 0.2) is 12.5 Å². The van der Waals surface area contributed by atoms with Crippen molar-refractivity contribution in [3.8, 4) is 0 Å². The maximum atomic E-state index is 12.4. The fraction of sp³-hybridized carbons (Fsp3) is 0.600. The second-order valence-electron chi connectivity index (χ2n) is 7.20. The van der Waals surface area contributed by atoms with Gasteiger partial charge in [0.2, 0.25) is 0 Å². The molecule has 1 unspecified atom stereocenters. The van der Waals surface area contributed by atoms with Gasteiger partial charge in [-0.25, -0.2) is 24.2 Å². The summed E-state index contributed by atoms with van der Waals surface area (Å²) >= 11 is 3.61. The van der Waals surface area contributed by atoms with Gasteiger partial charge in [0, 0.05) is 49.1 Å². The molecule has 3 heterocycles. The highest BCUT2D eigenvalue weighted by molar-refractivity contribution is 7.76. The molecule has 1 saturated carbocycles. The van der Waals surface area contributed by atoms with E-state index in [0.29, 0.717) is 23.4 Å². The minimum atomic E-state index is -2.61. The van der Waals surface area contributed by atoms with Crippen molar-refractivity contribution >= 4 is 39.7 Å². The summed E-state index contributed by atoms with van der Waals surface area (Å²) in [7, 11) is 1.88. The van der Waals surface area contributed by atoms with Crippen LogP contribution in [0.4, 0.5) is 14.6 Å². The van der Waals surface area contributed by atoms with Crippen molar-refractivity contribution < 1.29 is 17.5 Å². The van der Waals surface area contributed by atoms with Crippen LogP contribution in [0.5, 0.6) is 0 Å². The Morgan fingerprint density at radius 1 is 1.48 bits per heavy atom. The van der Waals surface area contributed by atoms with Crippen molar-refractivity contribution in [3.05, 3.63) is 17.5 Å². The number of aromatic nitrogens is 3. The molecule has 1 aliphatic carbocycles. The molecule has 1 saturated heterocycles. The van der Waals surface area contributed by atoms with Crippen molar-refractivity contribution in [2.45, 2.75) is 25.3 Å². The third-order valence-corrected chi connectivity index (χ3v) is 6.30. The number of hydrazine groups is 1. The van der Waals surface area contributed by atoms with Crippen molar-refractivity contribution in [2.24, 2.45) is 12.5 Å². The molecule has 0 radical (unpaired) electrons. The summed E-state index contributed by atoms with van der Waals surface area (Å²) < 4.78 is 50.1. The van der Waals surface area contributed by atoms with E-state index >= 15 is 0 Å². The minimum Gasteiger partial charge on any atom is -0.759 e. The van der Waals surface area contributed by atoms with Gasteiger partial charge >= 0.3 is 0 Å². The van der Waals surface area contributed by atoms with E-state index in [1.54, 1.807) is 6.20 Å². The number of aryl methyl sites for hydroxylation is 1. The number of halogens is 3. The van der Waals surface area contributed by atoms with Crippen LogP contribution < -0.4 is 10.3 Å². The molecule has 2 aromatic heterocycles. The summed E-state index contributed by atoms with van der Waals surface area (Å²) in [6.07, 6.45) is 1.90. The van der Waals surface area contributed by atoms with Gasteiger partial charge in [0.05, 0.1) is 11.6 Å². The number of rotatable bonds is 6. The second kappa shape index (κ2) is 6.89. The topological polar surface area (TPSA) is 89.4 Å². The first-order valence-corrected chi connectivity index (χ1v) is 9.81. The quantitative estimate of drug-likeness (QED) is 0.563. The number of hydrogen-bond acceptors (Lipinski definition) is 6. The van der Waals surface area contributed by atoms with E-state index in [4.69, 9.17) is 11.6 Å². The molecule has 12 heteroatoms. The lowest BCUT2D eigenvalue weighted by Gasteiger charge is -2.61. The molecule has 2 aliphatic rings. The highest BCUT2D eigenvalue weighted by atomic mass is 35.5. The second-order valence-corrected chi connectivity index (χ2v) is 8.43. The van der Waals surface area contributed by atoms with Crippen molar-refractivity contribution in [2.75, 3.05) is 24.5 Å². The lowest BCUT2D eigenvalue weighted by atomic mass is 9.61. The van der Waals surface area contributed by atoms with Gasteiger partial charge in [-0.2, -0.15) is 4.41 Å². The molecule has 1 atom stereocenters. The van der Waals surface area contributed by atoms with Crippen LogP contribution in [0, 0.1) is 5.41 Å². The maximum Gasteiger partial charge on any atom is 0.252 e. The Morgan fingerprint density at radius 2 is 2.19 bits per heavy atom. The highest BCUT2D eigenvalue weighted by Crippen LogP contribution is 2.51. The molecule has 0 bridgehead atoms. The number of nitrogens with zero attached hydrogens (tertiary/aromatic N) is 5. The Bertz CT molecular complexity index is 883. The predicted octanol–water partition coefficient (Wildman–Crippen LogP) is 1.46. The first-order valence-electron chi connectivity index (χ1n) is 8.40. The van der Waals surface area contributed by atoms with Crippen LogP contribution in [0.25, 0.3) is 11.0 Å². The number of hydrogen-bond donors (Lipinski definition) is 1. The first kappa shape index (κ1) is 18.9. The van der Waals surface area contributed by atoms with Gasteiger partial charge in [-0.05, 0) is 12.8 Å². The van der Waals surface area contributed by atoms with Crippen molar-refractivity contribution in [1.82, 2.24) is 24.4 Å². The van der Waals surface area contributed by atoms with E-state index in [9.17, 15) is 17.5 Å².